The van der Waals surface area contributed by atoms with Crippen molar-refractivity contribution in [1.29, 1.82) is 110 Å². The summed E-state index contributed by atoms with van der Waals surface area (Å²) in [5.41, 5.74) is 22.8. The number of nitrogens with zero attached hydrogens (tertiary/aromatic N) is 28. The zero-order valence-corrected chi connectivity index (χ0v) is 90.3. The fourth-order valence-corrected chi connectivity index (χ4v) is 17.9. The first-order chi connectivity index (χ1) is 71.6. The standard InChI is InChI=1S/C19H28N6.C18H27N7.2C15H20N6.3C14H17N5/c1-15(17(12-20)13-21)18(14-22)16(2)25-11-7-8-19(25)24-10-6-4-5-9-23-3;1-14(16(10-19)11-20)18(12-21)15(2)25-9-4-17(13-25)24-8-7-23-6-5-22-3;1-11(13(7-17)8-18)15(9-19)12(2)21-6-3-14(10-21)20-5-4-16;1-11(13(8-17)9-18)14(10-19)12(2)21-7-3-4-15(21)20-6-5-16;1-10(12(6-15)7-16)14(8-17)11(2)19-5-4-13(9-19)18-3;2*1-10(12(7-15)8-16)13(9-17)11(2)19-6-4-5-14(19)18-3/h19,23-24H,4-11H2,1-3H3;17,22-24H,4-9,13H2,1-3H3;14,20H,3-6,10,16H2,1-2H3;15,20H,3-7,16H2,1-2H3;13,18H,4-5,9H2,1-3H3;2*14,18H,4-6H2,1-3H3/b18-16+;18-15+;15-12+;14-12+;14-11+;2*13-11+. The van der Waals surface area contributed by atoms with Gasteiger partial charge in [0.15, 0.2) is 0 Å². The van der Waals surface area contributed by atoms with E-state index in [0.29, 0.717) is 116 Å². The molecular weight excluding hydrogens is 1870 g/mol. The smallest absolute Gasteiger partial charge is 0.133 e. The lowest BCUT2D eigenvalue weighted by Crippen LogP contribution is -2.42. The normalized spacial score (nSPS) is 18.2. The molecule has 0 radical (unpaired) electrons. The Morgan fingerprint density at radius 3 is 0.705 bits per heavy atom. The molecule has 0 bridgehead atoms. The Hall–Kier alpha value is -16.2. The predicted molar refractivity (Wildman–Crippen MR) is 566 cm³/mol. The maximum Gasteiger partial charge on any atom is 0.133 e. The highest BCUT2D eigenvalue weighted by Gasteiger charge is 2.34. The van der Waals surface area contributed by atoms with E-state index in [9.17, 15) is 36.8 Å². The Balaban J connectivity index is 0.000000872. The Bertz CT molecular complexity index is 5830. The van der Waals surface area contributed by atoms with Gasteiger partial charge in [0.2, 0.25) is 0 Å². The lowest BCUT2D eigenvalue weighted by atomic mass is 10.0. The second kappa shape index (κ2) is 73.8. The van der Waals surface area contributed by atoms with Crippen LogP contribution in [-0.2, 0) is 0 Å². The molecule has 7 unspecified atom stereocenters. The summed E-state index contributed by atoms with van der Waals surface area (Å²) in [6.45, 7) is 41.6. The highest BCUT2D eigenvalue weighted by atomic mass is 15.3. The Morgan fingerprint density at radius 2 is 0.456 bits per heavy atom. The van der Waals surface area contributed by atoms with Crippen LogP contribution in [0.4, 0.5) is 0 Å². The minimum atomic E-state index is -0.0171. The summed E-state index contributed by atoms with van der Waals surface area (Å²) in [6.07, 6.45) is 15.6. The Kier molecular flexibility index (Phi) is 64.8. The van der Waals surface area contributed by atoms with Crippen molar-refractivity contribution in [2.45, 2.75) is 230 Å². The second-order valence-electron chi connectivity index (χ2n) is 35.5. The topological polar surface area (TPSA) is 695 Å². The number of allylic oxidation sites excluding steroid dienone is 28. The molecule has 7 atom stereocenters. The average Bonchev–Trinajstić information content (AvgIpc) is 1.76. The quantitative estimate of drug-likeness (QED) is 0.0156. The SMILES string of the molecule is CC(=C(C#N)C#N)/C(C#N)=C(\C)N1CCC(NCCN)C1.CC(=C(C#N)C#N)/C(C#N)=C(\C)N1CCCC1NCCN.CNC1CCCN1/C(C)=C(\C#N)C(C)=C(C#N)C#N.CNC1CCCN1/C(C)=C(\C#N)C(C)=C(C#N)C#N.CNC1CCN(/C(C)=C(\C#N)C(C)=C(C#N)C#N)C1.CNCCCCCNC1CCCN1/C(C)=C(\C#N)C(C)=C(C#N)C#N.CNCCNCCNC1CCN(/C(C)=C(\C#N)C(C)=C(C#N)C#N)C1. The molecule has 7 fully saturated rings. The third-order valence-corrected chi connectivity index (χ3v) is 26.8. The van der Waals surface area contributed by atoms with Crippen LogP contribution in [0.25, 0.3) is 0 Å². The van der Waals surface area contributed by atoms with Crippen molar-refractivity contribution in [2.24, 2.45) is 11.5 Å². The highest BCUT2D eigenvalue weighted by Crippen LogP contribution is 2.34. The van der Waals surface area contributed by atoms with Gasteiger partial charge in [-0.2, -0.15) is 110 Å². The number of hydrogen-bond donors (Lipinski definition) is 12. The van der Waals surface area contributed by atoms with E-state index in [1.807, 2.05) is 169 Å². The summed E-state index contributed by atoms with van der Waals surface area (Å²) >= 11 is 0. The van der Waals surface area contributed by atoms with Crippen LogP contribution >= 0.6 is 0 Å². The van der Waals surface area contributed by atoms with Crippen molar-refractivity contribution >= 4 is 0 Å². The van der Waals surface area contributed by atoms with Crippen LogP contribution in [-0.4, -0.2) is 243 Å². The number of rotatable bonds is 37. The van der Waals surface area contributed by atoms with Crippen molar-refractivity contribution in [2.75, 3.05) is 166 Å². The number of likely N-dealkylation sites (N-methyl/N-ethyl adjacent to an activating group) is 2. The van der Waals surface area contributed by atoms with Gasteiger partial charge in [0.05, 0.1) is 63.7 Å². The summed E-state index contributed by atoms with van der Waals surface area (Å²) < 4.78 is 0. The van der Waals surface area contributed by atoms with E-state index in [2.05, 4.69) is 130 Å². The molecule has 0 aromatic heterocycles. The van der Waals surface area contributed by atoms with Crippen LogP contribution in [0.1, 0.15) is 187 Å². The van der Waals surface area contributed by atoms with Gasteiger partial charge in [-0.15, -0.1) is 0 Å². The van der Waals surface area contributed by atoms with Crippen LogP contribution in [0, 0.1) is 238 Å². The van der Waals surface area contributed by atoms with Gasteiger partial charge in [0.1, 0.15) is 166 Å². The van der Waals surface area contributed by atoms with E-state index < -0.39 is 0 Å². The van der Waals surface area contributed by atoms with Crippen molar-refractivity contribution in [1.82, 2.24) is 87.5 Å². The zero-order valence-electron chi connectivity index (χ0n) is 90.3. The first-order valence-corrected chi connectivity index (χ1v) is 49.7. The molecule has 7 aliphatic rings. The van der Waals surface area contributed by atoms with Crippen LogP contribution in [0.15, 0.2) is 157 Å². The molecule has 0 aliphatic carbocycles. The highest BCUT2D eigenvalue weighted by molar-refractivity contribution is 5.60. The van der Waals surface area contributed by atoms with Gasteiger partial charge in [-0.25, -0.2) is 0 Å². The number of unbranched alkanes of at least 4 members (excludes halogenated alkanes) is 2. The molecule has 7 saturated heterocycles. The second-order valence-corrected chi connectivity index (χ2v) is 35.5. The van der Waals surface area contributed by atoms with E-state index in [-0.39, 0.29) is 63.7 Å². The Morgan fingerprint density at radius 1 is 0.228 bits per heavy atom. The number of likely N-dealkylation sites (tertiary alicyclic amines) is 7. The van der Waals surface area contributed by atoms with Crippen molar-refractivity contribution in [3.8, 4) is 127 Å². The molecule has 0 saturated carbocycles. The van der Waals surface area contributed by atoms with Gasteiger partial charge in [-0.1, -0.05) is 6.42 Å². The van der Waals surface area contributed by atoms with Gasteiger partial charge >= 0.3 is 0 Å². The molecule has 40 nitrogen and oxygen atoms in total. The molecule has 149 heavy (non-hydrogen) atoms. The number of nitrogens with one attached hydrogen (secondary N) is 10. The number of nitriles is 21. The molecular formula is C109H146N40. The maximum atomic E-state index is 9.54. The zero-order chi connectivity index (χ0) is 112. The lowest BCUT2D eigenvalue weighted by molar-refractivity contribution is 0.271. The van der Waals surface area contributed by atoms with E-state index in [1.54, 1.807) is 48.5 Å². The van der Waals surface area contributed by atoms with Gasteiger partial charge < -0.3 is 88.3 Å². The maximum absolute atomic E-state index is 9.54. The third kappa shape index (κ3) is 40.3. The summed E-state index contributed by atoms with van der Waals surface area (Å²) in [7, 11) is 9.61. The van der Waals surface area contributed by atoms with E-state index in [1.165, 1.54) is 12.8 Å². The number of hydrogen-bond acceptors (Lipinski definition) is 40. The van der Waals surface area contributed by atoms with Crippen LogP contribution in [0.5, 0.6) is 0 Å². The molecule has 0 spiro atoms. The summed E-state index contributed by atoms with van der Waals surface area (Å²) in [6, 6.07) is 42.0. The van der Waals surface area contributed by atoms with Gasteiger partial charge in [-0.05, 0) is 268 Å². The van der Waals surface area contributed by atoms with E-state index in [0.717, 1.165) is 228 Å². The van der Waals surface area contributed by atoms with Crippen molar-refractivity contribution in [3.63, 3.8) is 0 Å². The van der Waals surface area contributed by atoms with Crippen LogP contribution in [0.3, 0.4) is 0 Å². The van der Waals surface area contributed by atoms with E-state index >= 15 is 0 Å². The van der Waals surface area contributed by atoms with Crippen LogP contribution < -0.4 is 64.6 Å². The summed E-state index contributed by atoms with van der Waals surface area (Å²) in [5.74, 6) is 0. The molecule has 0 amide bonds. The molecule has 782 valence electrons. The summed E-state index contributed by atoms with van der Waals surface area (Å²) in [4.78, 5) is 14.9. The summed E-state index contributed by atoms with van der Waals surface area (Å²) in [5, 5.41) is 224. The Labute approximate surface area is 884 Å². The molecule has 7 rings (SSSR count). The van der Waals surface area contributed by atoms with Crippen LogP contribution in [0.2, 0.25) is 0 Å². The van der Waals surface area contributed by atoms with Gasteiger partial charge in [0.25, 0.3) is 0 Å². The molecule has 7 aliphatic heterocycles. The largest absolute Gasteiger partial charge is 0.372 e. The molecule has 0 aromatic carbocycles. The monoisotopic (exact) mass is 2020 g/mol. The van der Waals surface area contributed by atoms with Crippen molar-refractivity contribution < 1.29 is 0 Å². The minimum Gasteiger partial charge on any atom is -0.372 e. The van der Waals surface area contributed by atoms with E-state index in [4.69, 9.17) is 85.1 Å². The molecule has 7 heterocycles. The van der Waals surface area contributed by atoms with Crippen molar-refractivity contribution in [3.05, 3.63) is 157 Å². The fourth-order valence-electron chi connectivity index (χ4n) is 17.9. The fraction of sp³-hybridized carbons (Fsp3) is 0.550. The van der Waals surface area contributed by atoms with Gasteiger partial charge in [-0.3, -0.25) is 10.6 Å². The molecule has 14 N–H and O–H groups in total. The average molecular weight is 2020 g/mol. The minimum absolute atomic E-state index is 0.000244. The predicted octanol–water partition coefficient (Wildman–Crippen LogP) is 10.1. The van der Waals surface area contributed by atoms with Gasteiger partial charge in [0, 0.05) is 176 Å². The lowest BCUT2D eigenvalue weighted by Gasteiger charge is -2.29. The first-order valence-electron chi connectivity index (χ1n) is 49.7. The number of nitrogens with two attached hydrogens (primary N) is 2. The molecule has 40 heteroatoms. The molecule has 0 aromatic rings. The third-order valence-electron chi connectivity index (χ3n) is 26.8. The first kappa shape index (κ1) is 131.